The Balaban J connectivity index is 0.000000257. The first-order chi connectivity index (χ1) is 11.7. The zero-order chi connectivity index (χ0) is 18.9. The van der Waals surface area contributed by atoms with Crippen molar-refractivity contribution in [1.29, 1.82) is 5.41 Å². The summed E-state index contributed by atoms with van der Waals surface area (Å²) in [6, 6.07) is 12.4. The third-order valence-electron chi connectivity index (χ3n) is 2.71. The van der Waals surface area contributed by atoms with Crippen LogP contribution < -0.4 is 10.9 Å². The standard InChI is InChI=1S/C8H10N4O2.C7H8O3S/c9-8(12-14)11-10-5-6-1-3-7(13)4-2-6;1-6-2-4-7(5-3-6)11(8,9)10/h1-5,13-14H,(H3,9,11,12);2-5H,1H3,(H,8,9,10)/b10-5+;. The molecule has 6 N–H and O–H groups in total. The van der Waals surface area contributed by atoms with Crippen LogP contribution in [0.3, 0.4) is 0 Å². The van der Waals surface area contributed by atoms with Gasteiger partial charge in [-0.3, -0.25) is 15.2 Å². The van der Waals surface area contributed by atoms with Crippen molar-refractivity contribution in [3.05, 3.63) is 59.7 Å². The SMILES string of the molecule is Cc1ccc(S(=O)(=O)O)cc1.N=C(NO)N/N=C/c1ccc(O)cc1. The van der Waals surface area contributed by atoms with E-state index in [9.17, 15) is 8.42 Å². The molecular weight excluding hydrogens is 348 g/mol. The molecule has 0 unspecified atom stereocenters. The average Bonchev–Trinajstić information content (AvgIpc) is 2.56. The largest absolute Gasteiger partial charge is 0.508 e. The molecule has 0 amide bonds. The van der Waals surface area contributed by atoms with Gasteiger partial charge in [0.05, 0.1) is 11.1 Å². The topological polar surface area (TPSA) is 155 Å². The zero-order valence-corrected chi connectivity index (χ0v) is 14.0. The molecule has 0 aliphatic rings. The van der Waals surface area contributed by atoms with Crippen molar-refractivity contribution in [3.8, 4) is 5.75 Å². The number of guanidine groups is 1. The molecule has 0 saturated carbocycles. The number of hydroxylamine groups is 1. The van der Waals surface area contributed by atoms with Crippen LogP contribution in [-0.2, 0) is 10.1 Å². The Kier molecular flexibility index (Phi) is 7.53. The number of phenolic OH excluding ortho intramolecular Hbond substituents is 1. The van der Waals surface area contributed by atoms with Crippen molar-refractivity contribution >= 4 is 22.3 Å². The highest BCUT2D eigenvalue weighted by Crippen LogP contribution is 2.08. The fourth-order valence-electron chi connectivity index (χ4n) is 1.47. The molecule has 0 spiro atoms. The summed E-state index contributed by atoms with van der Waals surface area (Å²) in [5, 5.41) is 27.7. The number of benzene rings is 2. The molecule has 2 rings (SSSR count). The number of rotatable bonds is 3. The van der Waals surface area contributed by atoms with E-state index in [4.69, 9.17) is 20.3 Å². The number of aromatic hydroxyl groups is 1. The Morgan fingerprint density at radius 2 is 1.68 bits per heavy atom. The van der Waals surface area contributed by atoms with Gasteiger partial charge < -0.3 is 5.11 Å². The number of hydrazone groups is 1. The highest BCUT2D eigenvalue weighted by Gasteiger charge is 2.06. The Morgan fingerprint density at radius 1 is 1.12 bits per heavy atom. The van der Waals surface area contributed by atoms with Crippen LogP contribution in [0.25, 0.3) is 0 Å². The molecule has 2 aromatic rings. The minimum Gasteiger partial charge on any atom is -0.508 e. The molecule has 0 aliphatic carbocycles. The molecule has 2 aromatic carbocycles. The van der Waals surface area contributed by atoms with Gasteiger partial charge >= 0.3 is 0 Å². The lowest BCUT2D eigenvalue weighted by Crippen LogP contribution is -2.30. The summed E-state index contributed by atoms with van der Waals surface area (Å²) in [4.78, 5) is -0.0666. The quantitative estimate of drug-likeness (QED) is 0.208. The van der Waals surface area contributed by atoms with Gasteiger partial charge in [0.1, 0.15) is 5.75 Å². The predicted octanol–water partition coefficient (Wildman–Crippen LogP) is 1.47. The van der Waals surface area contributed by atoms with Crippen LogP contribution in [0.4, 0.5) is 0 Å². The highest BCUT2D eigenvalue weighted by atomic mass is 32.2. The molecule has 9 nitrogen and oxygen atoms in total. The van der Waals surface area contributed by atoms with Crippen molar-refractivity contribution in [2.75, 3.05) is 0 Å². The first kappa shape index (κ1) is 20.1. The number of hydrogen-bond donors (Lipinski definition) is 6. The maximum Gasteiger partial charge on any atom is 0.294 e. The Bertz CT molecular complexity index is 818. The molecule has 0 atom stereocenters. The lowest BCUT2D eigenvalue weighted by atomic mass is 10.2. The summed E-state index contributed by atoms with van der Waals surface area (Å²) >= 11 is 0. The van der Waals surface area contributed by atoms with E-state index >= 15 is 0 Å². The first-order valence-electron chi connectivity index (χ1n) is 6.83. The molecule has 0 heterocycles. The Hall–Kier alpha value is -2.95. The monoisotopic (exact) mass is 366 g/mol. The molecule has 0 fully saturated rings. The van der Waals surface area contributed by atoms with Crippen LogP contribution in [0.15, 0.2) is 58.5 Å². The van der Waals surface area contributed by atoms with E-state index in [1.54, 1.807) is 29.7 Å². The summed E-state index contributed by atoms with van der Waals surface area (Å²) in [5.41, 5.74) is 5.52. The summed E-state index contributed by atoms with van der Waals surface area (Å²) < 4.78 is 29.6. The highest BCUT2D eigenvalue weighted by molar-refractivity contribution is 7.85. The van der Waals surface area contributed by atoms with Crippen LogP contribution >= 0.6 is 0 Å². The summed E-state index contributed by atoms with van der Waals surface area (Å²) in [6.45, 7) is 1.84. The van der Waals surface area contributed by atoms with E-state index < -0.39 is 10.1 Å². The van der Waals surface area contributed by atoms with Crippen LogP contribution in [0, 0.1) is 12.3 Å². The maximum atomic E-state index is 10.5. The second-order valence-corrected chi connectivity index (χ2v) is 6.16. The first-order valence-corrected chi connectivity index (χ1v) is 8.27. The molecule has 134 valence electrons. The van der Waals surface area contributed by atoms with Crippen LogP contribution in [0.1, 0.15) is 11.1 Å². The molecular formula is C15H18N4O5S. The second kappa shape index (κ2) is 9.37. The zero-order valence-electron chi connectivity index (χ0n) is 13.2. The van der Waals surface area contributed by atoms with E-state index in [1.807, 2.05) is 6.92 Å². The molecule has 0 aliphatic heterocycles. The van der Waals surface area contributed by atoms with Gasteiger partial charge in [0, 0.05) is 0 Å². The van der Waals surface area contributed by atoms with Crippen LogP contribution in [0.2, 0.25) is 0 Å². The number of nitrogens with zero attached hydrogens (tertiary/aromatic N) is 1. The van der Waals surface area contributed by atoms with E-state index in [0.29, 0.717) is 0 Å². The van der Waals surface area contributed by atoms with Gasteiger partial charge in [0.25, 0.3) is 10.1 Å². The third-order valence-corrected chi connectivity index (χ3v) is 3.58. The lowest BCUT2D eigenvalue weighted by molar-refractivity contribution is 0.228. The summed E-state index contributed by atoms with van der Waals surface area (Å²) in [7, 11) is -4.02. The van der Waals surface area contributed by atoms with Gasteiger partial charge in [-0.1, -0.05) is 17.7 Å². The molecule has 0 bridgehead atoms. The normalized spacial score (nSPS) is 10.7. The number of hydrogen-bond acceptors (Lipinski definition) is 6. The average molecular weight is 366 g/mol. The Labute approximate surface area is 144 Å². The van der Waals surface area contributed by atoms with Crippen molar-refractivity contribution < 1.29 is 23.3 Å². The fourth-order valence-corrected chi connectivity index (χ4v) is 1.95. The molecule has 0 saturated heterocycles. The Morgan fingerprint density at radius 3 is 2.16 bits per heavy atom. The second-order valence-electron chi connectivity index (χ2n) is 4.74. The maximum absolute atomic E-state index is 10.5. The van der Waals surface area contributed by atoms with Crippen LogP contribution in [-0.4, -0.2) is 35.5 Å². The molecule has 25 heavy (non-hydrogen) atoms. The fraction of sp³-hybridized carbons (Fsp3) is 0.0667. The van der Waals surface area contributed by atoms with E-state index in [-0.39, 0.29) is 16.6 Å². The van der Waals surface area contributed by atoms with Gasteiger partial charge in [-0.25, -0.2) is 10.9 Å². The summed E-state index contributed by atoms with van der Waals surface area (Å²) in [6.07, 6.45) is 1.45. The molecule has 10 heteroatoms. The lowest BCUT2D eigenvalue weighted by Gasteiger charge is -1.98. The van der Waals surface area contributed by atoms with Crippen LogP contribution in [0.5, 0.6) is 5.75 Å². The van der Waals surface area contributed by atoms with Crippen molar-refractivity contribution in [3.63, 3.8) is 0 Å². The minimum absolute atomic E-state index is 0.0666. The van der Waals surface area contributed by atoms with E-state index in [1.165, 1.54) is 30.5 Å². The van der Waals surface area contributed by atoms with Crippen molar-refractivity contribution in [1.82, 2.24) is 10.9 Å². The molecule has 0 radical (unpaired) electrons. The van der Waals surface area contributed by atoms with E-state index in [2.05, 4.69) is 10.5 Å². The van der Waals surface area contributed by atoms with Gasteiger partial charge in [-0.15, -0.1) is 0 Å². The summed E-state index contributed by atoms with van der Waals surface area (Å²) in [5.74, 6) is -0.139. The van der Waals surface area contributed by atoms with Gasteiger partial charge in [0.15, 0.2) is 0 Å². The minimum atomic E-state index is -4.02. The number of phenols is 1. The van der Waals surface area contributed by atoms with Crippen molar-refractivity contribution in [2.45, 2.75) is 11.8 Å². The van der Waals surface area contributed by atoms with Crippen molar-refractivity contribution in [2.24, 2.45) is 5.10 Å². The number of nitrogens with one attached hydrogen (secondary N) is 3. The van der Waals surface area contributed by atoms with Gasteiger partial charge in [-0.05, 0) is 48.9 Å². The van der Waals surface area contributed by atoms with Gasteiger partial charge in [0.2, 0.25) is 5.96 Å². The number of aryl methyl sites for hydroxylation is 1. The molecule has 0 aromatic heterocycles. The predicted molar refractivity (Wildman–Crippen MR) is 92.5 cm³/mol. The third kappa shape index (κ3) is 7.92. The van der Waals surface area contributed by atoms with E-state index in [0.717, 1.165) is 11.1 Å². The smallest absolute Gasteiger partial charge is 0.294 e. The van der Waals surface area contributed by atoms with Gasteiger partial charge in [-0.2, -0.15) is 13.5 Å².